The van der Waals surface area contributed by atoms with Crippen molar-refractivity contribution in [3.63, 3.8) is 0 Å². The van der Waals surface area contributed by atoms with Gasteiger partial charge in [-0.15, -0.1) is 11.3 Å². The summed E-state index contributed by atoms with van der Waals surface area (Å²) in [6, 6.07) is 21.0. The van der Waals surface area contributed by atoms with Crippen molar-refractivity contribution in [2.75, 3.05) is 0 Å². The number of nitrogens with zero attached hydrogens (tertiary/aromatic N) is 2. The molecule has 196 valence electrons. The Labute approximate surface area is 226 Å². The molecule has 4 nitrogen and oxygen atoms in total. The number of fused-ring (bicyclic) bond motifs is 3. The molecular weight excluding hydrogens is 529 g/mol. The standard InChI is InChI=1S/C29H25F3N2O2S2/c30-29(31,32)20-4-3-5-23(14-20)36-24-15-21-12-13-22(16-24)34(21)27(35)19-10-8-18(9-11-19)17-37-28-33-25-6-1-2-7-26(25)38-28/h1-11,14,21-22,24H,12-13,15-17H2. The molecule has 2 saturated heterocycles. The first-order chi connectivity index (χ1) is 18.3. The fraction of sp³-hybridized carbons (Fsp3) is 0.310. The van der Waals surface area contributed by atoms with Crippen LogP contribution in [-0.2, 0) is 11.9 Å². The van der Waals surface area contributed by atoms with E-state index in [0.29, 0.717) is 18.4 Å². The van der Waals surface area contributed by atoms with E-state index in [1.54, 1.807) is 29.2 Å². The summed E-state index contributed by atoms with van der Waals surface area (Å²) >= 11 is 3.37. The van der Waals surface area contributed by atoms with Gasteiger partial charge in [-0.25, -0.2) is 4.98 Å². The van der Waals surface area contributed by atoms with E-state index in [9.17, 15) is 18.0 Å². The lowest BCUT2D eigenvalue weighted by Crippen LogP contribution is -2.49. The van der Waals surface area contributed by atoms with Gasteiger partial charge in [-0.3, -0.25) is 4.79 Å². The fourth-order valence-corrected chi connectivity index (χ4v) is 7.47. The van der Waals surface area contributed by atoms with Gasteiger partial charge >= 0.3 is 6.18 Å². The number of thioether (sulfide) groups is 1. The summed E-state index contributed by atoms with van der Waals surface area (Å²) in [5.74, 6) is 1.02. The summed E-state index contributed by atoms with van der Waals surface area (Å²) in [4.78, 5) is 20.1. The van der Waals surface area contributed by atoms with Crippen LogP contribution in [0.25, 0.3) is 10.2 Å². The molecule has 2 aliphatic rings. The molecule has 3 aromatic carbocycles. The molecule has 0 aliphatic carbocycles. The molecule has 0 N–H and O–H groups in total. The molecule has 0 saturated carbocycles. The Morgan fingerprint density at radius 3 is 2.45 bits per heavy atom. The van der Waals surface area contributed by atoms with Gasteiger partial charge in [-0.1, -0.05) is 42.1 Å². The first-order valence-corrected chi connectivity index (χ1v) is 14.4. The van der Waals surface area contributed by atoms with E-state index in [2.05, 4.69) is 11.1 Å². The lowest BCUT2D eigenvalue weighted by molar-refractivity contribution is -0.137. The Morgan fingerprint density at radius 1 is 1.00 bits per heavy atom. The number of piperidine rings is 1. The minimum absolute atomic E-state index is 0.0143. The zero-order valence-electron chi connectivity index (χ0n) is 20.4. The number of benzene rings is 3. The highest BCUT2D eigenvalue weighted by atomic mass is 32.2. The second kappa shape index (κ2) is 10.3. The summed E-state index contributed by atoms with van der Waals surface area (Å²) in [7, 11) is 0. The number of carbonyl (C=O) groups excluding carboxylic acids is 1. The molecule has 0 spiro atoms. The number of thiazole rings is 1. The van der Waals surface area contributed by atoms with Crippen LogP contribution in [0.3, 0.4) is 0 Å². The van der Waals surface area contributed by atoms with Crippen molar-refractivity contribution < 1.29 is 22.7 Å². The molecule has 38 heavy (non-hydrogen) atoms. The van der Waals surface area contributed by atoms with E-state index in [0.717, 1.165) is 46.1 Å². The maximum atomic E-state index is 13.4. The summed E-state index contributed by atoms with van der Waals surface area (Å²) in [5, 5.41) is 0. The van der Waals surface area contributed by atoms with E-state index in [-0.39, 0.29) is 29.8 Å². The third-order valence-electron chi connectivity index (χ3n) is 7.23. The number of carbonyl (C=O) groups is 1. The lowest BCUT2D eigenvalue weighted by Gasteiger charge is -2.39. The lowest BCUT2D eigenvalue weighted by atomic mass is 9.98. The van der Waals surface area contributed by atoms with Crippen LogP contribution in [-0.4, -0.2) is 34.0 Å². The monoisotopic (exact) mass is 554 g/mol. The van der Waals surface area contributed by atoms with Crippen LogP contribution < -0.4 is 4.74 Å². The van der Waals surface area contributed by atoms with Gasteiger partial charge in [0.1, 0.15) is 11.9 Å². The van der Waals surface area contributed by atoms with E-state index in [1.807, 2.05) is 47.4 Å². The number of para-hydroxylation sites is 1. The second-order valence-electron chi connectivity index (χ2n) is 9.77. The highest BCUT2D eigenvalue weighted by Gasteiger charge is 2.44. The molecule has 0 radical (unpaired) electrons. The minimum Gasteiger partial charge on any atom is -0.490 e. The van der Waals surface area contributed by atoms with E-state index >= 15 is 0 Å². The number of amides is 1. The summed E-state index contributed by atoms with van der Waals surface area (Å²) in [6.45, 7) is 0. The predicted octanol–water partition coefficient (Wildman–Crippen LogP) is 7.82. The number of hydrogen-bond acceptors (Lipinski definition) is 5. The van der Waals surface area contributed by atoms with Crippen LogP contribution in [0.5, 0.6) is 5.75 Å². The molecule has 2 aliphatic heterocycles. The third kappa shape index (κ3) is 5.27. The average molecular weight is 555 g/mol. The number of hydrogen-bond donors (Lipinski definition) is 0. The number of halogens is 3. The van der Waals surface area contributed by atoms with Crippen molar-refractivity contribution in [1.29, 1.82) is 0 Å². The molecule has 9 heteroatoms. The van der Waals surface area contributed by atoms with Crippen LogP contribution in [0.4, 0.5) is 13.2 Å². The normalized spacial score (nSPS) is 21.1. The maximum absolute atomic E-state index is 13.4. The molecule has 2 unspecified atom stereocenters. The molecule has 4 aromatic rings. The summed E-state index contributed by atoms with van der Waals surface area (Å²) < 4.78 is 47.4. The SMILES string of the molecule is O=C(c1ccc(CSc2nc3ccccc3s2)cc1)N1C2CCC1CC(Oc1cccc(C(F)(F)F)c1)C2. The van der Waals surface area contributed by atoms with Gasteiger partial charge in [-0.05, 0) is 60.9 Å². The van der Waals surface area contributed by atoms with Crippen molar-refractivity contribution in [3.05, 3.63) is 89.5 Å². The molecule has 1 aromatic heterocycles. The van der Waals surface area contributed by atoms with Crippen LogP contribution in [0.2, 0.25) is 0 Å². The highest BCUT2D eigenvalue weighted by Crippen LogP contribution is 2.39. The first-order valence-electron chi connectivity index (χ1n) is 12.6. The predicted molar refractivity (Wildman–Crippen MR) is 144 cm³/mol. The topological polar surface area (TPSA) is 42.4 Å². The van der Waals surface area contributed by atoms with Crippen LogP contribution in [0.15, 0.2) is 77.1 Å². The minimum atomic E-state index is -4.40. The highest BCUT2D eigenvalue weighted by molar-refractivity contribution is 8.00. The van der Waals surface area contributed by atoms with E-state index < -0.39 is 11.7 Å². The molecular formula is C29H25F3N2O2S2. The van der Waals surface area contributed by atoms with Crippen molar-refractivity contribution in [2.24, 2.45) is 0 Å². The third-order valence-corrected chi connectivity index (χ3v) is 9.48. The Balaban J connectivity index is 1.07. The molecule has 3 heterocycles. The van der Waals surface area contributed by atoms with Gasteiger partial charge in [0.05, 0.1) is 15.8 Å². The molecule has 2 bridgehead atoms. The van der Waals surface area contributed by atoms with Crippen LogP contribution >= 0.6 is 23.1 Å². The van der Waals surface area contributed by atoms with Gasteiger partial charge in [0.2, 0.25) is 0 Å². The molecule has 6 rings (SSSR count). The van der Waals surface area contributed by atoms with Crippen molar-refractivity contribution in [3.8, 4) is 5.75 Å². The average Bonchev–Trinajstić information content (AvgIpc) is 3.45. The zero-order chi connectivity index (χ0) is 26.3. The van der Waals surface area contributed by atoms with Crippen LogP contribution in [0.1, 0.15) is 47.2 Å². The number of aromatic nitrogens is 1. The fourth-order valence-electron chi connectivity index (χ4n) is 5.44. The summed E-state index contributed by atoms with van der Waals surface area (Å²) in [6.07, 6.45) is -1.60. The number of alkyl halides is 3. The number of rotatable bonds is 6. The maximum Gasteiger partial charge on any atom is 0.416 e. The molecule has 1 amide bonds. The zero-order valence-corrected chi connectivity index (χ0v) is 22.0. The number of ether oxygens (including phenoxy) is 1. The van der Waals surface area contributed by atoms with E-state index in [1.165, 1.54) is 10.8 Å². The van der Waals surface area contributed by atoms with Gasteiger partial charge in [0, 0.05) is 36.2 Å². The first kappa shape index (κ1) is 25.2. The largest absolute Gasteiger partial charge is 0.490 e. The van der Waals surface area contributed by atoms with Gasteiger partial charge in [-0.2, -0.15) is 13.2 Å². The van der Waals surface area contributed by atoms with Crippen LogP contribution in [0, 0.1) is 0 Å². The van der Waals surface area contributed by atoms with Crippen molar-refractivity contribution in [1.82, 2.24) is 9.88 Å². The van der Waals surface area contributed by atoms with Crippen molar-refractivity contribution >= 4 is 39.2 Å². The van der Waals surface area contributed by atoms with E-state index in [4.69, 9.17) is 4.74 Å². The summed E-state index contributed by atoms with van der Waals surface area (Å²) in [5.41, 5.74) is 2.09. The Bertz CT molecular complexity index is 1410. The van der Waals surface area contributed by atoms with Gasteiger partial charge < -0.3 is 9.64 Å². The van der Waals surface area contributed by atoms with Crippen molar-refractivity contribution in [2.45, 2.75) is 60.1 Å². The molecule has 2 atom stereocenters. The molecule has 2 fully saturated rings. The Kier molecular flexibility index (Phi) is 6.82. The smallest absolute Gasteiger partial charge is 0.416 e. The second-order valence-corrected chi connectivity index (χ2v) is 12.0. The van der Waals surface area contributed by atoms with Gasteiger partial charge in [0.15, 0.2) is 4.34 Å². The Morgan fingerprint density at radius 2 is 1.74 bits per heavy atom. The Hall–Kier alpha value is -3.04. The van der Waals surface area contributed by atoms with Gasteiger partial charge in [0.25, 0.3) is 5.91 Å². The quantitative estimate of drug-likeness (QED) is 0.228.